The number of ether oxygens (including phenoxy) is 1. The number of thiazole rings is 1. The molecule has 2 rings (SSSR count). The maximum atomic E-state index is 12.1. The van der Waals surface area contributed by atoms with Gasteiger partial charge in [-0.1, -0.05) is 12.1 Å². The molecule has 0 aliphatic heterocycles. The minimum atomic E-state index is -4.34. The number of para-hydroxylation sites is 2. The van der Waals surface area contributed by atoms with Gasteiger partial charge in [0.05, 0.1) is 12.2 Å². The van der Waals surface area contributed by atoms with Crippen LogP contribution in [0.3, 0.4) is 0 Å². The van der Waals surface area contributed by atoms with E-state index in [-0.39, 0.29) is 5.75 Å². The molecule has 19 heavy (non-hydrogen) atoms. The number of aromatic nitrogens is 1. The van der Waals surface area contributed by atoms with Gasteiger partial charge >= 0.3 is 6.18 Å². The Balaban J connectivity index is 1.99. The lowest BCUT2D eigenvalue weighted by Crippen LogP contribution is -2.19. The van der Waals surface area contributed by atoms with Gasteiger partial charge in [0.25, 0.3) is 0 Å². The Labute approximate surface area is 112 Å². The fraction of sp³-hybridized carbons (Fsp3) is 0.250. The largest absolute Gasteiger partial charge is 0.482 e. The quantitative estimate of drug-likeness (QED) is 0.911. The van der Waals surface area contributed by atoms with Crippen molar-refractivity contribution in [3.05, 3.63) is 40.8 Å². The standard InChI is InChI=1S/C12H11F3N2OS/c13-12(14,15)8-18-10-4-2-1-3-9(10)17-7-11-16-5-6-19-11/h1-6,17H,7-8H2. The summed E-state index contributed by atoms with van der Waals surface area (Å²) >= 11 is 1.47. The zero-order valence-corrected chi connectivity index (χ0v) is 10.6. The lowest BCUT2D eigenvalue weighted by molar-refractivity contribution is -0.153. The van der Waals surface area contributed by atoms with Crippen LogP contribution in [-0.2, 0) is 6.54 Å². The van der Waals surface area contributed by atoms with Gasteiger partial charge in [-0.05, 0) is 12.1 Å². The molecule has 0 saturated carbocycles. The summed E-state index contributed by atoms with van der Waals surface area (Å²) in [6, 6.07) is 6.51. The minimum absolute atomic E-state index is 0.177. The Morgan fingerprint density at radius 3 is 2.74 bits per heavy atom. The predicted molar refractivity (Wildman–Crippen MR) is 67.4 cm³/mol. The topological polar surface area (TPSA) is 34.1 Å². The average molecular weight is 288 g/mol. The molecule has 0 fully saturated rings. The third-order valence-corrected chi connectivity index (χ3v) is 2.97. The summed E-state index contributed by atoms with van der Waals surface area (Å²) < 4.78 is 41.2. The molecule has 2 aromatic rings. The highest BCUT2D eigenvalue weighted by molar-refractivity contribution is 7.09. The van der Waals surface area contributed by atoms with Gasteiger partial charge in [-0.2, -0.15) is 13.2 Å². The highest BCUT2D eigenvalue weighted by Crippen LogP contribution is 2.26. The maximum absolute atomic E-state index is 12.1. The molecule has 1 aromatic carbocycles. The van der Waals surface area contributed by atoms with Gasteiger partial charge in [-0.3, -0.25) is 0 Å². The summed E-state index contributed by atoms with van der Waals surface area (Å²) in [5.41, 5.74) is 0.516. The summed E-state index contributed by atoms with van der Waals surface area (Å²) in [6.07, 6.45) is -2.67. The fourth-order valence-electron chi connectivity index (χ4n) is 1.41. The van der Waals surface area contributed by atoms with Crippen molar-refractivity contribution in [3.63, 3.8) is 0 Å². The number of nitrogens with zero attached hydrogens (tertiary/aromatic N) is 1. The summed E-state index contributed by atoms with van der Waals surface area (Å²) in [5.74, 6) is 0.177. The minimum Gasteiger partial charge on any atom is -0.482 e. The first-order valence-electron chi connectivity index (χ1n) is 5.45. The Morgan fingerprint density at radius 1 is 1.26 bits per heavy atom. The Bertz CT molecular complexity index is 514. The molecule has 0 radical (unpaired) electrons. The number of hydrogen-bond donors (Lipinski definition) is 1. The molecule has 0 atom stereocenters. The first kappa shape index (κ1) is 13.7. The highest BCUT2D eigenvalue weighted by Gasteiger charge is 2.28. The van der Waals surface area contributed by atoms with E-state index < -0.39 is 12.8 Å². The molecule has 0 amide bonds. The van der Waals surface area contributed by atoms with Crippen molar-refractivity contribution >= 4 is 17.0 Å². The van der Waals surface area contributed by atoms with E-state index in [2.05, 4.69) is 10.3 Å². The van der Waals surface area contributed by atoms with E-state index >= 15 is 0 Å². The van der Waals surface area contributed by atoms with Crippen molar-refractivity contribution in [3.8, 4) is 5.75 Å². The number of anilines is 1. The number of nitrogens with one attached hydrogen (secondary N) is 1. The van der Waals surface area contributed by atoms with Gasteiger partial charge in [0.1, 0.15) is 10.8 Å². The Hall–Kier alpha value is -1.76. The van der Waals surface area contributed by atoms with Crippen molar-refractivity contribution in [1.82, 2.24) is 4.98 Å². The molecule has 0 saturated heterocycles. The second kappa shape index (κ2) is 5.92. The molecule has 7 heteroatoms. The van der Waals surface area contributed by atoms with Crippen LogP contribution in [0.5, 0.6) is 5.75 Å². The number of rotatable bonds is 5. The number of halogens is 3. The third kappa shape index (κ3) is 4.44. The van der Waals surface area contributed by atoms with Crippen LogP contribution >= 0.6 is 11.3 Å². The van der Waals surface area contributed by atoms with Gasteiger partial charge < -0.3 is 10.1 Å². The third-order valence-electron chi connectivity index (χ3n) is 2.19. The molecule has 0 aliphatic rings. The second-order valence-electron chi connectivity index (χ2n) is 3.68. The molecular formula is C12H11F3N2OS. The maximum Gasteiger partial charge on any atom is 0.422 e. The van der Waals surface area contributed by atoms with Crippen LogP contribution in [-0.4, -0.2) is 17.8 Å². The van der Waals surface area contributed by atoms with Crippen LogP contribution in [0.1, 0.15) is 5.01 Å². The molecule has 0 bridgehead atoms. The van der Waals surface area contributed by atoms with E-state index in [1.165, 1.54) is 17.4 Å². The molecule has 1 N–H and O–H groups in total. The second-order valence-corrected chi connectivity index (χ2v) is 4.66. The lowest BCUT2D eigenvalue weighted by Gasteiger charge is -2.13. The summed E-state index contributed by atoms with van der Waals surface area (Å²) in [4.78, 5) is 4.08. The van der Waals surface area contributed by atoms with Crippen LogP contribution in [0.15, 0.2) is 35.8 Å². The SMILES string of the molecule is FC(F)(F)COc1ccccc1NCc1nccs1. The van der Waals surface area contributed by atoms with Crippen molar-refractivity contribution in [2.75, 3.05) is 11.9 Å². The summed E-state index contributed by atoms with van der Waals surface area (Å²) in [7, 11) is 0. The Kier molecular flexibility index (Phi) is 4.26. The van der Waals surface area contributed by atoms with E-state index in [1.807, 2.05) is 5.38 Å². The molecule has 1 aromatic heterocycles. The first-order chi connectivity index (χ1) is 9.04. The van der Waals surface area contributed by atoms with E-state index in [1.54, 1.807) is 24.4 Å². The molecule has 0 unspecified atom stereocenters. The Morgan fingerprint density at radius 2 is 2.05 bits per heavy atom. The molecular weight excluding hydrogens is 277 g/mol. The van der Waals surface area contributed by atoms with Crippen molar-refractivity contribution in [1.29, 1.82) is 0 Å². The summed E-state index contributed by atoms with van der Waals surface area (Å²) in [5, 5.41) is 5.70. The zero-order chi connectivity index (χ0) is 13.7. The van der Waals surface area contributed by atoms with E-state index in [4.69, 9.17) is 4.74 Å². The van der Waals surface area contributed by atoms with E-state index in [9.17, 15) is 13.2 Å². The van der Waals surface area contributed by atoms with E-state index in [0.29, 0.717) is 12.2 Å². The average Bonchev–Trinajstić information content (AvgIpc) is 2.87. The van der Waals surface area contributed by atoms with Crippen molar-refractivity contribution < 1.29 is 17.9 Å². The number of alkyl halides is 3. The van der Waals surface area contributed by atoms with Crippen molar-refractivity contribution in [2.24, 2.45) is 0 Å². The lowest BCUT2D eigenvalue weighted by atomic mass is 10.3. The molecule has 102 valence electrons. The van der Waals surface area contributed by atoms with Crippen molar-refractivity contribution in [2.45, 2.75) is 12.7 Å². The van der Waals surface area contributed by atoms with Crippen LogP contribution < -0.4 is 10.1 Å². The highest BCUT2D eigenvalue weighted by atomic mass is 32.1. The number of benzene rings is 1. The first-order valence-corrected chi connectivity index (χ1v) is 6.33. The van der Waals surface area contributed by atoms with Crippen LogP contribution in [0.2, 0.25) is 0 Å². The van der Waals surface area contributed by atoms with Crippen LogP contribution in [0.4, 0.5) is 18.9 Å². The van der Waals surface area contributed by atoms with Crippen LogP contribution in [0, 0.1) is 0 Å². The molecule has 3 nitrogen and oxygen atoms in total. The predicted octanol–water partition coefficient (Wildman–Crippen LogP) is 3.70. The molecule has 1 heterocycles. The van der Waals surface area contributed by atoms with E-state index in [0.717, 1.165) is 5.01 Å². The molecule has 0 spiro atoms. The zero-order valence-electron chi connectivity index (χ0n) is 9.78. The summed E-state index contributed by atoms with van der Waals surface area (Å²) in [6.45, 7) is -0.854. The molecule has 0 aliphatic carbocycles. The fourth-order valence-corrected chi connectivity index (χ4v) is 1.97. The van der Waals surface area contributed by atoms with Crippen LogP contribution in [0.25, 0.3) is 0 Å². The normalized spacial score (nSPS) is 11.3. The van der Waals surface area contributed by atoms with Gasteiger partial charge in [0.2, 0.25) is 0 Å². The van der Waals surface area contributed by atoms with Gasteiger partial charge in [0.15, 0.2) is 6.61 Å². The van der Waals surface area contributed by atoms with Gasteiger partial charge in [-0.25, -0.2) is 4.98 Å². The smallest absolute Gasteiger partial charge is 0.422 e. The van der Waals surface area contributed by atoms with Gasteiger partial charge in [0, 0.05) is 11.6 Å². The monoisotopic (exact) mass is 288 g/mol. The van der Waals surface area contributed by atoms with Gasteiger partial charge in [-0.15, -0.1) is 11.3 Å². The number of hydrogen-bond acceptors (Lipinski definition) is 4.